The van der Waals surface area contributed by atoms with Crippen molar-refractivity contribution >= 4 is 5.91 Å². The van der Waals surface area contributed by atoms with E-state index in [0.717, 1.165) is 50.7 Å². The summed E-state index contributed by atoms with van der Waals surface area (Å²) < 4.78 is 5.69. The summed E-state index contributed by atoms with van der Waals surface area (Å²) in [6.07, 6.45) is 8.98. The van der Waals surface area contributed by atoms with Crippen molar-refractivity contribution in [2.75, 3.05) is 6.61 Å². The number of hydrogen-bond acceptors (Lipinski definition) is 2. The second-order valence-electron chi connectivity index (χ2n) is 8.24. The Kier molecular flexibility index (Phi) is 6.11. The number of aryl methyl sites for hydroxylation is 3. The van der Waals surface area contributed by atoms with E-state index in [1.165, 1.54) is 35.1 Å². The van der Waals surface area contributed by atoms with Crippen LogP contribution in [0.1, 0.15) is 65.2 Å². The average Bonchev–Trinajstić information content (AvgIpc) is 3.26. The molecular formula is C25H31NO2. The molecule has 1 heterocycles. The van der Waals surface area contributed by atoms with Gasteiger partial charge in [0.25, 0.3) is 5.91 Å². The zero-order valence-corrected chi connectivity index (χ0v) is 16.9. The van der Waals surface area contributed by atoms with Crippen LogP contribution in [0.5, 0.6) is 0 Å². The lowest BCUT2D eigenvalue weighted by Crippen LogP contribution is -2.38. The normalized spacial score (nSPS) is 21.3. The van der Waals surface area contributed by atoms with Crippen LogP contribution in [0.3, 0.4) is 0 Å². The first-order valence-corrected chi connectivity index (χ1v) is 10.8. The lowest BCUT2D eigenvalue weighted by molar-refractivity contribution is 0.0933. The summed E-state index contributed by atoms with van der Waals surface area (Å²) in [6, 6.07) is 15.1. The van der Waals surface area contributed by atoms with E-state index in [1.54, 1.807) is 0 Å². The highest BCUT2D eigenvalue weighted by molar-refractivity contribution is 5.94. The Labute approximate surface area is 168 Å². The molecular weight excluding hydrogens is 346 g/mol. The third kappa shape index (κ3) is 4.64. The molecule has 0 saturated carbocycles. The second kappa shape index (κ2) is 8.91. The highest BCUT2D eigenvalue weighted by Crippen LogP contribution is 2.23. The Morgan fingerprint density at radius 3 is 2.64 bits per heavy atom. The molecule has 1 N–H and O–H groups in total. The maximum absolute atomic E-state index is 12.7. The third-order valence-corrected chi connectivity index (χ3v) is 6.24. The van der Waals surface area contributed by atoms with Crippen LogP contribution in [-0.4, -0.2) is 24.7 Å². The van der Waals surface area contributed by atoms with E-state index < -0.39 is 0 Å². The van der Waals surface area contributed by atoms with E-state index in [-0.39, 0.29) is 11.9 Å². The van der Waals surface area contributed by atoms with Crippen LogP contribution in [-0.2, 0) is 30.4 Å². The molecule has 2 atom stereocenters. The molecule has 2 unspecified atom stereocenters. The summed E-state index contributed by atoms with van der Waals surface area (Å²) in [5, 5.41) is 3.24. The number of amides is 1. The van der Waals surface area contributed by atoms with Crippen molar-refractivity contribution in [3.63, 3.8) is 0 Å². The van der Waals surface area contributed by atoms with Crippen LogP contribution in [0.2, 0.25) is 0 Å². The lowest BCUT2D eigenvalue weighted by Gasteiger charge is -2.26. The number of ether oxygens (including phenoxy) is 1. The molecule has 2 aromatic carbocycles. The van der Waals surface area contributed by atoms with Crippen LogP contribution in [0.4, 0.5) is 0 Å². The summed E-state index contributed by atoms with van der Waals surface area (Å²) in [5.74, 6) is 0.0457. The number of hydrogen-bond donors (Lipinski definition) is 1. The Morgan fingerprint density at radius 1 is 1.07 bits per heavy atom. The zero-order chi connectivity index (χ0) is 19.3. The Balaban J connectivity index is 1.30. The maximum atomic E-state index is 12.7. The molecule has 1 saturated heterocycles. The lowest BCUT2D eigenvalue weighted by atomic mass is 9.87. The van der Waals surface area contributed by atoms with Crippen molar-refractivity contribution < 1.29 is 9.53 Å². The van der Waals surface area contributed by atoms with E-state index in [0.29, 0.717) is 6.10 Å². The molecule has 1 aliphatic heterocycles. The van der Waals surface area contributed by atoms with Crippen LogP contribution < -0.4 is 5.32 Å². The fourth-order valence-corrected chi connectivity index (χ4v) is 4.44. The van der Waals surface area contributed by atoms with Crippen LogP contribution in [0.25, 0.3) is 0 Å². The SMILES string of the molecule is CCc1ccc2c(c1)CCC(NC(=O)c1ccc(CCC3CCCO3)cc1)C2. The van der Waals surface area contributed by atoms with Crippen molar-refractivity contribution in [1.29, 1.82) is 0 Å². The standard InChI is InChI=1S/C25H31NO2/c1-2-18-5-11-22-17-23(13-12-21(22)16-18)26-25(27)20-9-6-19(7-10-20)8-14-24-4-3-15-28-24/h5-7,9-11,16,23-24H,2-4,8,12-15,17H2,1H3,(H,26,27). The maximum Gasteiger partial charge on any atom is 0.251 e. The fraction of sp³-hybridized carbons (Fsp3) is 0.480. The molecule has 1 aliphatic carbocycles. The number of nitrogens with one attached hydrogen (secondary N) is 1. The molecule has 28 heavy (non-hydrogen) atoms. The smallest absolute Gasteiger partial charge is 0.251 e. The minimum atomic E-state index is 0.0457. The second-order valence-corrected chi connectivity index (χ2v) is 8.24. The van der Waals surface area contributed by atoms with E-state index in [4.69, 9.17) is 4.74 Å². The quantitative estimate of drug-likeness (QED) is 0.796. The van der Waals surface area contributed by atoms with Gasteiger partial charge in [-0.1, -0.05) is 37.3 Å². The van der Waals surface area contributed by atoms with Crippen LogP contribution in [0, 0.1) is 0 Å². The summed E-state index contributed by atoms with van der Waals surface area (Å²) in [7, 11) is 0. The highest BCUT2D eigenvalue weighted by Gasteiger charge is 2.21. The van der Waals surface area contributed by atoms with Crippen molar-refractivity contribution in [1.82, 2.24) is 5.32 Å². The molecule has 0 bridgehead atoms. The summed E-state index contributed by atoms with van der Waals surface area (Å²) in [4.78, 5) is 12.7. The van der Waals surface area contributed by atoms with Gasteiger partial charge in [0.15, 0.2) is 0 Å². The molecule has 0 aromatic heterocycles. The van der Waals surface area contributed by atoms with E-state index >= 15 is 0 Å². The van der Waals surface area contributed by atoms with Gasteiger partial charge in [0, 0.05) is 18.2 Å². The number of rotatable bonds is 6. The number of benzene rings is 2. The molecule has 3 nitrogen and oxygen atoms in total. The molecule has 2 aliphatic rings. The molecule has 4 rings (SSSR count). The van der Waals surface area contributed by atoms with Crippen molar-refractivity contribution in [2.24, 2.45) is 0 Å². The van der Waals surface area contributed by atoms with Gasteiger partial charge in [-0.2, -0.15) is 0 Å². The topological polar surface area (TPSA) is 38.3 Å². The summed E-state index contributed by atoms with van der Waals surface area (Å²) in [5.41, 5.74) is 6.29. The monoisotopic (exact) mass is 377 g/mol. The van der Waals surface area contributed by atoms with Crippen molar-refractivity contribution in [2.45, 2.75) is 70.4 Å². The minimum absolute atomic E-state index is 0.0457. The van der Waals surface area contributed by atoms with Gasteiger partial charge in [-0.05, 0) is 85.8 Å². The van der Waals surface area contributed by atoms with Crippen LogP contribution >= 0.6 is 0 Å². The van der Waals surface area contributed by atoms with Gasteiger partial charge >= 0.3 is 0 Å². The molecule has 148 valence electrons. The minimum Gasteiger partial charge on any atom is -0.378 e. The fourth-order valence-electron chi connectivity index (χ4n) is 4.44. The molecule has 1 fully saturated rings. The van der Waals surface area contributed by atoms with Gasteiger partial charge in [0.1, 0.15) is 0 Å². The van der Waals surface area contributed by atoms with Crippen LogP contribution in [0.15, 0.2) is 42.5 Å². The molecule has 2 aromatic rings. The Hall–Kier alpha value is -2.13. The number of carbonyl (C=O) groups is 1. The number of fused-ring (bicyclic) bond motifs is 1. The van der Waals surface area contributed by atoms with Gasteiger partial charge in [-0.3, -0.25) is 4.79 Å². The average molecular weight is 378 g/mol. The van der Waals surface area contributed by atoms with Gasteiger partial charge in [0.05, 0.1) is 6.10 Å². The third-order valence-electron chi connectivity index (χ3n) is 6.24. The van der Waals surface area contributed by atoms with Gasteiger partial charge in [-0.15, -0.1) is 0 Å². The molecule has 3 heteroatoms. The Bertz CT molecular complexity index is 806. The van der Waals surface area contributed by atoms with Gasteiger partial charge in [0.2, 0.25) is 0 Å². The number of carbonyl (C=O) groups excluding carboxylic acids is 1. The molecule has 0 radical (unpaired) electrons. The van der Waals surface area contributed by atoms with E-state index in [1.807, 2.05) is 12.1 Å². The molecule has 1 amide bonds. The highest BCUT2D eigenvalue weighted by atomic mass is 16.5. The Morgan fingerprint density at radius 2 is 1.89 bits per heavy atom. The van der Waals surface area contributed by atoms with Gasteiger partial charge < -0.3 is 10.1 Å². The van der Waals surface area contributed by atoms with E-state index in [9.17, 15) is 4.79 Å². The zero-order valence-electron chi connectivity index (χ0n) is 16.9. The molecule has 0 spiro atoms. The first-order chi connectivity index (χ1) is 13.7. The predicted octanol–water partition coefficient (Wildman–Crippen LogP) is 4.65. The van der Waals surface area contributed by atoms with Crippen molar-refractivity contribution in [3.05, 3.63) is 70.3 Å². The van der Waals surface area contributed by atoms with Gasteiger partial charge in [-0.25, -0.2) is 0 Å². The summed E-state index contributed by atoms with van der Waals surface area (Å²) >= 11 is 0. The largest absolute Gasteiger partial charge is 0.378 e. The van der Waals surface area contributed by atoms with Crippen molar-refractivity contribution in [3.8, 4) is 0 Å². The van der Waals surface area contributed by atoms with E-state index in [2.05, 4.69) is 42.6 Å². The first kappa shape index (κ1) is 19.2. The first-order valence-electron chi connectivity index (χ1n) is 10.8. The summed E-state index contributed by atoms with van der Waals surface area (Å²) in [6.45, 7) is 3.11. The predicted molar refractivity (Wildman–Crippen MR) is 113 cm³/mol.